The van der Waals surface area contributed by atoms with Gasteiger partial charge in [0.1, 0.15) is 11.6 Å². The number of nitrogens with zero attached hydrogens (tertiary/aromatic N) is 3. The first kappa shape index (κ1) is 13.5. The average Bonchev–Trinajstić information content (AvgIpc) is 2.80. The van der Waals surface area contributed by atoms with Crippen LogP contribution in [0.5, 0.6) is 0 Å². The predicted octanol–water partition coefficient (Wildman–Crippen LogP) is 2.34. The van der Waals surface area contributed by atoms with Crippen molar-refractivity contribution in [2.75, 3.05) is 11.1 Å². The zero-order valence-corrected chi connectivity index (χ0v) is 12.1. The van der Waals surface area contributed by atoms with E-state index in [2.05, 4.69) is 29.4 Å². The van der Waals surface area contributed by atoms with Crippen LogP contribution in [0.4, 0.5) is 11.5 Å². The summed E-state index contributed by atoms with van der Waals surface area (Å²) < 4.78 is 6.92. The lowest BCUT2D eigenvalue weighted by Gasteiger charge is -2.07. The molecular weight excluding hydrogens is 242 g/mol. The smallest absolute Gasteiger partial charge is 0.148 e. The Morgan fingerprint density at radius 2 is 2.05 bits per heavy atom. The van der Waals surface area contributed by atoms with Crippen LogP contribution in [0.15, 0.2) is 4.52 Å². The highest BCUT2D eigenvalue weighted by Gasteiger charge is 2.16. The molecule has 6 heteroatoms. The third-order valence-electron chi connectivity index (χ3n) is 3.27. The molecule has 2 aromatic heterocycles. The first-order valence-electron chi connectivity index (χ1n) is 6.39. The van der Waals surface area contributed by atoms with Crippen LogP contribution in [-0.2, 0) is 13.6 Å². The first-order valence-corrected chi connectivity index (χ1v) is 6.39. The molecule has 0 bridgehead atoms. The van der Waals surface area contributed by atoms with E-state index in [0.29, 0.717) is 18.2 Å². The second-order valence-electron chi connectivity index (χ2n) is 5.08. The van der Waals surface area contributed by atoms with E-state index in [4.69, 9.17) is 10.3 Å². The molecule has 0 fully saturated rings. The number of nitrogens with one attached hydrogen (secondary N) is 1. The lowest BCUT2D eigenvalue weighted by atomic mass is 10.1. The Kier molecular flexibility index (Phi) is 3.50. The summed E-state index contributed by atoms with van der Waals surface area (Å²) in [7, 11) is 1.89. The maximum atomic E-state index is 6.14. The van der Waals surface area contributed by atoms with Crippen LogP contribution in [0.1, 0.15) is 42.5 Å². The number of hydrogen-bond donors (Lipinski definition) is 2. The van der Waals surface area contributed by atoms with Crippen molar-refractivity contribution in [3.8, 4) is 0 Å². The van der Waals surface area contributed by atoms with Gasteiger partial charge in [0.25, 0.3) is 0 Å². The third kappa shape index (κ3) is 2.43. The lowest BCUT2D eigenvalue weighted by molar-refractivity contribution is 0.392. The van der Waals surface area contributed by atoms with Crippen molar-refractivity contribution in [1.29, 1.82) is 0 Å². The molecule has 2 rings (SSSR count). The van der Waals surface area contributed by atoms with Gasteiger partial charge in [-0.15, -0.1) is 0 Å². The number of rotatable bonds is 4. The van der Waals surface area contributed by atoms with E-state index in [9.17, 15) is 0 Å². The van der Waals surface area contributed by atoms with Crippen LogP contribution in [0, 0.1) is 13.8 Å². The van der Waals surface area contributed by atoms with Gasteiger partial charge in [-0.2, -0.15) is 5.10 Å². The van der Waals surface area contributed by atoms with Crippen LogP contribution in [0.25, 0.3) is 0 Å². The Morgan fingerprint density at radius 1 is 1.37 bits per heavy atom. The Balaban J connectivity index is 2.21. The van der Waals surface area contributed by atoms with Crippen LogP contribution < -0.4 is 11.1 Å². The molecule has 0 atom stereocenters. The second kappa shape index (κ2) is 4.95. The molecule has 0 spiro atoms. The monoisotopic (exact) mass is 263 g/mol. The molecule has 0 saturated heterocycles. The Labute approximate surface area is 113 Å². The largest absolute Gasteiger partial charge is 0.394 e. The predicted molar refractivity (Wildman–Crippen MR) is 75.0 cm³/mol. The minimum absolute atomic E-state index is 0.306. The summed E-state index contributed by atoms with van der Waals surface area (Å²) in [5, 5.41) is 11.7. The summed E-state index contributed by atoms with van der Waals surface area (Å²) >= 11 is 0. The van der Waals surface area contributed by atoms with E-state index < -0.39 is 0 Å². The Bertz CT molecular complexity index is 563. The van der Waals surface area contributed by atoms with Gasteiger partial charge in [-0.1, -0.05) is 19.0 Å². The SMILES string of the molecule is Cc1noc(C)c1CNc1c(N)c(C(C)C)nn1C. The highest BCUT2D eigenvalue weighted by Crippen LogP contribution is 2.28. The summed E-state index contributed by atoms with van der Waals surface area (Å²) in [6.07, 6.45) is 0. The molecule has 2 aromatic rings. The van der Waals surface area contributed by atoms with E-state index in [-0.39, 0.29) is 0 Å². The third-order valence-corrected chi connectivity index (χ3v) is 3.27. The summed E-state index contributed by atoms with van der Waals surface area (Å²) in [6, 6.07) is 0. The number of nitrogens with two attached hydrogens (primary N) is 1. The van der Waals surface area contributed by atoms with Crippen LogP contribution in [0.3, 0.4) is 0 Å². The van der Waals surface area contributed by atoms with Gasteiger partial charge in [0.2, 0.25) is 0 Å². The van der Waals surface area contributed by atoms with Crippen molar-refractivity contribution in [2.24, 2.45) is 7.05 Å². The van der Waals surface area contributed by atoms with Crippen LogP contribution in [0.2, 0.25) is 0 Å². The van der Waals surface area contributed by atoms with Crippen LogP contribution in [-0.4, -0.2) is 14.9 Å². The normalized spacial score (nSPS) is 11.3. The molecule has 19 heavy (non-hydrogen) atoms. The van der Waals surface area contributed by atoms with Crippen molar-refractivity contribution in [3.63, 3.8) is 0 Å². The molecule has 0 amide bonds. The van der Waals surface area contributed by atoms with E-state index in [0.717, 1.165) is 28.5 Å². The highest BCUT2D eigenvalue weighted by atomic mass is 16.5. The van der Waals surface area contributed by atoms with E-state index in [1.807, 2.05) is 20.9 Å². The molecule has 0 saturated carbocycles. The van der Waals surface area contributed by atoms with E-state index >= 15 is 0 Å². The molecule has 0 unspecified atom stereocenters. The Hall–Kier alpha value is -1.98. The second-order valence-corrected chi connectivity index (χ2v) is 5.08. The maximum Gasteiger partial charge on any atom is 0.148 e. The average molecular weight is 263 g/mol. The maximum absolute atomic E-state index is 6.14. The zero-order chi connectivity index (χ0) is 14.2. The van der Waals surface area contributed by atoms with E-state index in [1.165, 1.54) is 0 Å². The highest BCUT2D eigenvalue weighted by molar-refractivity contribution is 5.65. The van der Waals surface area contributed by atoms with E-state index in [1.54, 1.807) is 4.68 Å². The quantitative estimate of drug-likeness (QED) is 0.884. The molecule has 3 N–H and O–H groups in total. The van der Waals surface area contributed by atoms with Crippen molar-refractivity contribution < 1.29 is 4.52 Å². The van der Waals surface area contributed by atoms with Gasteiger partial charge in [-0.3, -0.25) is 4.68 Å². The zero-order valence-electron chi connectivity index (χ0n) is 12.1. The fraction of sp³-hybridized carbons (Fsp3) is 0.538. The number of nitrogen functional groups attached to an aromatic ring is 1. The molecule has 2 heterocycles. The summed E-state index contributed by atoms with van der Waals surface area (Å²) in [4.78, 5) is 0. The molecule has 104 valence electrons. The molecule has 0 aromatic carbocycles. The van der Waals surface area contributed by atoms with Gasteiger partial charge in [0.05, 0.1) is 17.1 Å². The number of aryl methyl sites for hydroxylation is 3. The van der Waals surface area contributed by atoms with Gasteiger partial charge in [-0.25, -0.2) is 0 Å². The molecule has 0 aliphatic rings. The first-order chi connectivity index (χ1) is 8.91. The topological polar surface area (TPSA) is 81.9 Å². The minimum Gasteiger partial charge on any atom is -0.394 e. The number of hydrogen-bond acceptors (Lipinski definition) is 5. The summed E-state index contributed by atoms with van der Waals surface area (Å²) in [5.41, 5.74) is 9.73. The van der Waals surface area contributed by atoms with Crippen molar-refractivity contribution in [2.45, 2.75) is 40.2 Å². The molecule has 0 aliphatic carbocycles. The van der Waals surface area contributed by atoms with Gasteiger partial charge in [0, 0.05) is 19.2 Å². The molecule has 6 nitrogen and oxygen atoms in total. The minimum atomic E-state index is 0.306. The summed E-state index contributed by atoms with van der Waals surface area (Å²) in [6.45, 7) is 8.62. The number of aromatic nitrogens is 3. The molecule has 0 aliphatic heterocycles. The molecular formula is C13H21N5O. The standard InChI is InChI=1S/C13H21N5O/c1-7(2)12-11(14)13(18(5)16-12)15-6-10-8(3)17-19-9(10)4/h7,15H,6,14H2,1-5H3. The lowest BCUT2D eigenvalue weighted by Crippen LogP contribution is -2.07. The van der Waals surface area contributed by atoms with Crippen molar-refractivity contribution in [3.05, 3.63) is 22.7 Å². The number of anilines is 2. The van der Waals surface area contributed by atoms with Gasteiger partial charge < -0.3 is 15.6 Å². The van der Waals surface area contributed by atoms with Crippen LogP contribution >= 0.6 is 0 Å². The van der Waals surface area contributed by atoms with Gasteiger partial charge in [0.15, 0.2) is 0 Å². The Morgan fingerprint density at radius 3 is 2.53 bits per heavy atom. The fourth-order valence-corrected chi connectivity index (χ4v) is 2.12. The fourth-order valence-electron chi connectivity index (χ4n) is 2.12. The van der Waals surface area contributed by atoms with Gasteiger partial charge in [-0.05, 0) is 19.8 Å². The van der Waals surface area contributed by atoms with Crippen molar-refractivity contribution >= 4 is 11.5 Å². The van der Waals surface area contributed by atoms with Crippen molar-refractivity contribution in [1.82, 2.24) is 14.9 Å². The molecule has 0 radical (unpaired) electrons. The summed E-state index contributed by atoms with van der Waals surface area (Å²) in [5.74, 6) is 1.97. The van der Waals surface area contributed by atoms with Gasteiger partial charge >= 0.3 is 0 Å².